The predicted octanol–water partition coefficient (Wildman–Crippen LogP) is 1.13. The summed E-state index contributed by atoms with van der Waals surface area (Å²) < 4.78 is 14.8. The number of esters is 2. The Morgan fingerprint density at radius 1 is 1.07 bits per heavy atom. The van der Waals surface area contributed by atoms with Gasteiger partial charge < -0.3 is 9.47 Å². The van der Waals surface area contributed by atoms with Crippen LogP contribution in [0.25, 0.3) is 0 Å². The van der Waals surface area contributed by atoms with E-state index in [0.717, 1.165) is 0 Å². The highest BCUT2D eigenvalue weighted by Crippen LogP contribution is 2.14. The molecule has 0 amide bonds. The largest absolute Gasteiger partial charge is 0.432 e. The van der Waals surface area contributed by atoms with Gasteiger partial charge in [0, 0.05) is 12.8 Å². The Bertz CT molecular complexity index is 245. The minimum Gasteiger partial charge on any atom is -0.432 e. The predicted molar refractivity (Wildman–Crippen MR) is 50.6 cm³/mol. The highest BCUT2D eigenvalue weighted by molar-refractivity contribution is 5.69. The van der Waals surface area contributed by atoms with Gasteiger partial charge in [-0.25, -0.2) is 0 Å². The molecule has 0 spiro atoms. The maximum absolute atomic E-state index is 10.9. The summed E-state index contributed by atoms with van der Waals surface area (Å²) in [6, 6.07) is 0. The number of carbonyl (C=O) groups is 2. The minimum atomic E-state index is -0.743. The zero-order chi connectivity index (χ0) is 11.3. The summed E-state index contributed by atoms with van der Waals surface area (Å²) in [7, 11) is 0. The van der Waals surface area contributed by atoms with Crippen molar-refractivity contribution in [3.8, 4) is 0 Å². The molecule has 0 aromatic rings. The van der Waals surface area contributed by atoms with Crippen molar-refractivity contribution in [1.29, 1.82) is 0 Å². The number of hydrogen-bond donors (Lipinski definition) is 0. The first-order valence-electron chi connectivity index (χ1n) is 4.88. The second-order valence-electron chi connectivity index (χ2n) is 2.94. The van der Waals surface area contributed by atoms with Crippen LogP contribution in [-0.4, -0.2) is 24.5 Å². The van der Waals surface area contributed by atoms with Crippen molar-refractivity contribution in [2.24, 2.45) is 0 Å². The Hall–Kier alpha value is -1.36. The average Bonchev–Trinajstić information content (AvgIpc) is 2.65. The lowest BCUT2D eigenvalue weighted by molar-refractivity contribution is -0.203. The first-order chi connectivity index (χ1) is 7.15. The van der Waals surface area contributed by atoms with E-state index in [-0.39, 0.29) is 24.8 Å². The lowest BCUT2D eigenvalue weighted by atomic mass is 10.5. The molecule has 15 heavy (non-hydrogen) atoms. The van der Waals surface area contributed by atoms with Crippen LogP contribution < -0.4 is 0 Å². The Morgan fingerprint density at radius 2 is 1.47 bits per heavy atom. The number of hydrogen-bond acceptors (Lipinski definition) is 5. The second-order valence-corrected chi connectivity index (χ2v) is 2.94. The number of rotatable bonds is 4. The maximum atomic E-state index is 10.9. The smallest absolute Gasteiger partial charge is 0.308 e. The Labute approximate surface area is 88.0 Å². The zero-order valence-electron chi connectivity index (χ0n) is 8.76. The third-order valence-corrected chi connectivity index (χ3v) is 1.77. The van der Waals surface area contributed by atoms with Gasteiger partial charge in [0.15, 0.2) is 0 Å². The van der Waals surface area contributed by atoms with Gasteiger partial charge in [0.25, 0.3) is 0 Å². The van der Waals surface area contributed by atoms with E-state index in [1.54, 1.807) is 26.0 Å². The lowest BCUT2D eigenvalue weighted by Gasteiger charge is -2.14. The van der Waals surface area contributed by atoms with Gasteiger partial charge >= 0.3 is 11.9 Å². The highest BCUT2D eigenvalue weighted by atomic mass is 16.8. The Balaban J connectivity index is 2.31. The molecule has 0 aromatic carbocycles. The summed E-state index contributed by atoms with van der Waals surface area (Å²) in [5.74, 6) is -0.709. The third kappa shape index (κ3) is 3.71. The van der Waals surface area contributed by atoms with Crippen LogP contribution in [0.2, 0.25) is 0 Å². The van der Waals surface area contributed by atoms with Crippen molar-refractivity contribution in [2.75, 3.05) is 0 Å². The van der Waals surface area contributed by atoms with Crippen LogP contribution in [0.1, 0.15) is 26.7 Å². The molecular formula is C10H14O5. The van der Waals surface area contributed by atoms with Crippen LogP contribution in [0.5, 0.6) is 0 Å². The molecule has 1 rings (SSSR count). The lowest BCUT2D eigenvalue weighted by Crippen LogP contribution is -2.22. The summed E-state index contributed by atoms with van der Waals surface area (Å²) in [4.78, 5) is 21.8. The summed E-state index contributed by atoms with van der Waals surface area (Å²) in [5, 5.41) is 0. The van der Waals surface area contributed by atoms with E-state index >= 15 is 0 Å². The molecule has 2 unspecified atom stereocenters. The van der Waals surface area contributed by atoms with E-state index in [0.29, 0.717) is 0 Å². The van der Waals surface area contributed by atoms with Gasteiger partial charge in [-0.15, -0.1) is 0 Å². The fraction of sp³-hybridized carbons (Fsp3) is 0.600. The normalized spacial score (nSPS) is 23.9. The van der Waals surface area contributed by atoms with Gasteiger partial charge in [0.2, 0.25) is 12.6 Å². The van der Waals surface area contributed by atoms with Crippen molar-refractivity contribution in [2.45, 2.75) is 39.3 Å². The van der Waals surface area contributed by atoms with Crippen LogP contribution in [0.15, 0.2) is 12.2 Å². The fourth-order valence-electron chi connectivity index (χ4n) is 0.964. The number of carbonyl (C=O) groups excluding carboxylic acids is 2. The van der Waals surface area contributed by atoms with E-state index in [9.17, 15) is 9.59 Å². The van der Waals surface area contributed by atoms with E-state index in [2.05, 4.69) is 0 Å². The van der Waals surface area contributed by atoms with Crippen LogP contribution in [-0.2, 0) is 23.8 Å². The van der Waals surface area contributed by atoms with Crippen molar-refractivity contribution in [1.82, 2.24) is 0 Å². The van der Waals surface area contributed by atoms with Crippen molar-refractivity contribution in [3.63, 3.8) is 0 Å². The van der Waals surface area contributed by atoms with Gasteiger partial charge in [0.1, 0.15) is 0 Å². The van der Waals surface area contributed by atoms with Crippen LogP contribution >= 0.6 is 0 Å². The quantitative estimate of drug-likeness (QED) is 0.518. The molecule has 0 aromatic heterocycles. The summed E-state index contributed by atoms with van der Waals surface area (Å²) in [6.45, 7) is 3.38. The molecule has 1 heterocycles. The first kappa shape index (κ1) is 11.7. The monoisotopic (exact) mass is 214 g/mol. The molecule has 0 N–H and O–H groups in total. The Kier molecular flexibility index (Phi) is 4.30. The van der Waals surface area contributed by atoms with Crippen molar-refractivity contribution in [3.05, 3.63) is 12.2 Å². The first-order valence-corrected chi connectivity index (χ1v) is 4.88. The van der Waals surface area contributed by atoms with E-state index in [4.69, 9.17) is 14.2 Å². The topological polar surface area (TPSA) is 61.8 Å². The highest BCUT2D eigenvalue weighted by Gasteiger charge is 2.24. The second kappa shape index (κ2) is 5.50. The SMILES string of the molecule is CCC(=O)OC1C=CC(OC(=O)CC)O1. The zero-order valence-corrected chi connectivity index (χ0v) is 8.76. The molecular weight excluding hydrogens is 200 g/mol. The van der Waals surface area contributed by atoms with Gasteiger partial charge in [-0.3, -0.25) is 14.3 Å². The third-order valence-electron chi connectivity index (χ3n) is 1.77. The van der Waals surface area contributed by atoms with Crippen LogP contribution in [0.3, 0.4) is 0 Å². The van der Waals surface area contributed by atoms with E-state index in [1.165, 1.54) is 0 Å². The fourth-order valence-corrected chi connectivity index (χ4v) is 0.964. The van der Waals surface area contributed by atoms with Gasteiger partial charge in [-0.05, 0) is 12.2 Å². The summed E-state index contributed by atoms with van der Waals surface area (Å²) in [5.41, 5.74) is 0. The molecule has 2 atom stereocenters. The van der Waals surface area contributed by atoms with Crippen LogP contribution in [0, 0.1) is 0 Å². The van der Waals surface area contributed by atoms with Gasteiger partial charge in [-0.2, -0.15) is 0 Å². The molecule has 0 saturated heterocycles. The molecule has 0 saturated carbocycles. The number of ether oxygens (including phenoxy) is 3. The molecule has 5 nitrogen and oxygen atoms in total. The average molecular weight is 214 g/mol. The van der Waals surface area contributed by atoms with Crippen molar-refractivity contribution < 1.29 is 23.8 Å². The standard InChI is InChI=1S/C10H14O5/c1-3-7(11)13-9-5-6-10(15-9)14-8(12)4-2/h5-6,9-10H,3-4H2,1-2H3. The molecule has 5 heteroatoms. The van der Waals surface area contributed by atoms with Gasteiger partial charge in [-0.1, -0.05) is 13.8 Å². The van der Waals surface area contributed by atoms with Gasteiger partial charge in [0.05, 0.1) is 0 Å². The maximum Gasteiger partial charge on any atom is 0.308 e. The van der Waals surface area contributed by atoms with E-state index < -0.39 is 12.6 Å². The summed E-state index contributed by atoms with van der Waals surface area (Å²) in [6.07, 6.45) is 2.17. The molecule has 0 aliphatic carbocycles. The van der Waals surface area contributed by atoms with E-state index in [1.807, 2.05) is 0 Å². The Morgan fingerprint density at radius 3 is 1.80 bits per heavy atom. The molecule has 0 bridgehead atoms. The molecule has 1 aliphatic heterocycles. The molecule has 84 valence electrons. The van der Waals surface area contributed by atoms with Crippen molar-refractivity contribution >= 4 is 11.9 Å². The molecule has 0 radical (unpaired) electrons. The molecule has 0 fully saturated rings. The molecule has 1 aliphatic rings. The summed E-state index contributed by atoms with van der Waals surface area (Å²) >= 11 is 0. The van der Waals surface area contributed by atoms with Crippen LogP contribution in [0.4, 0.5) is 0 Å². The minimum absolute atomic E-state index is 0.285.